The number of carbonyl (C=O) groups excluding carboxylic acids is 1. The zero-order chi connectivity index (χ0) is 19.9. The van der Waals surface area contributed by atoms with E-state index in [1.807, 2.05) is 54.6 Å². The number of nitrogens with one attached hydrogen (secondary N) is 3. The van der Waals surface area contributed by atoms with Crippen molar-refractivity contribution in [1.82, 2.24) is 10.6 Å². The summed E-state index contributed by atoms with van der Waals surface area (Å²) >= 11 is 0. The molecule has 0 unspecified atom stereocenters. The molecule has 0 atom stereocenters. The molecule has 0 radical (unpaired) electrons. The minimum atomic E-state index is -0.0562. The molecule has 146 valence electrons. The number of anilines is 1. The summed E-state index contributed by atoms with van der Waals surface area (Å²) in [6, 6.07) is 26.0. The molecule has 0 spiro atoms. The third-order valence-electron chi connectivity index (χ3n) is 4.81. The fourth-order valence-electron chi connectivity index (χ4n) is 3.21. The van der Waals surface area contributed by atoms with Gasteiger partial charge >= 0.3 is 0 Å². The van der Waals surface area contributed by atoms with Gasteiger partial charge in [0, 0.05) is 24.3 Å². The van der Waals surface area contributed by atoms with E-state index in [2.05, 4.69) is 45.2 Å². The fraction of sp³-hybridized carbons (Fsp3) is 0.167. The SMILES string of the molecule is O=C(NCc1ccccc1)c1ccc(Cc2ccc(NC3=NCCN3)cc2)cc1. The first-order valence-electron chi connectivity index (χ1n) is 9.82. The number of aliphatic imine (C=N–C) groups is 1. The van der Waals surface area contributed by atoms with E-state index in [0.29, 0.717) is 12.1 Å². The van der Waals surface area contributed by atoms with E-state index in [1.165, 1.54) is 11.1 Å². The zero-order valence-electron chi connectivity index (χ0n) is 16.2. The van der Waals surface area contributed by atoms with Crippen LogP contribution in [0.1, 0.15) is 27.0 Å². The Hall–Kier alpha value is -3.60. The Bertz CT molecular complexity index is 980. The predicted octanol–water partition coefficient (Wildman–Crippen LogP) is 3.58. The lowest BCUT2D eigenvalue weighted by Gasteiger charge is -2.09. The number of rotatable bonds is 6. The van der Waals surface area contributed by atoms with Crippen LogP contribution in [0, 0.1) is 0 Å². The summed E-state index contributed by atoms with van der Waals surface area (Å²) in [6.07, 6.45) is 0.825. The average molecular weight is 384 g/mol. The number of nitrogens with zero attached hydrogens (tertiary/aromatic N) is 1. The highest BCUT2D eigenvalue weighted by Gasteiger charge is 2.07. The minimum absolute atomic E-state index is 0.0562. The topological polar surface area (TPSA) is 65.5 Å². The van der Waals surface area contributed by atoms with Crippen LogP contribution >= 0.6 is 0 Å². The average Bonchev–Trinajstić information content (AvgIpc) is 3.28. The summed E-state index contributed by atoms with van der Waals surface area (Å²) in [7, 11) is 0. The molecular weight excluding hydrogens is 360 g/mol. The van der Waals surface area contributed by atoms with Crippen molar-refractivity contribution in [3.05, 3.63) is 101 Å². The second-order valence-corrected chi connectivity index (χ2v) is 7.02. The first-order chi connectivity index (χ1) is 14.3. The Balaban J connectivity index is 1.31. The van der Waals surface area contributed by atoms with Gasteiger partial charge in [0.15, 0.2) is 5.96 Å². The maximum atomic E-state index is 12.3. The molecule has 1 aliphatic heterocycles. The minimum Gasteiger partial charge on any atom is -0.354 e. The number of hydrogen-bond donors (Lipinski definition) is 3. The van der Waals surface area contributed by atoms with Gasteiger partial charge in [0.1, 0.15) is 0 Å². The molecule has 0 saturated heterocycles. The Morgan fingerprint density at radius 1 is 0.862 bits per heavy atom. The highest BCUT2D eigenvalue weighted by atomic mass is 16.1. The van der Waals surface area contributed by atoms with Gasteiger partial charge < -0.3 is 16.0 Å². The Morgan fingerprint density at radius 2 is 1.55 bits per heavy atom. The molecule has 5 heteroatoms. The van der Waals surface area contributed by atoms with Gasteiger partial charge in [0.25, 0.3) is 5.91 Å². The number of carbonyl (C=O) groups is 1. The van der Waals surface area contributed by atoms with Gasteiger partial charge in [-0.2, -0.15) is 0 Å². The third kappa shape index (κ3) is 5.23. The lowest BCUT2D eigenvalue weighted by atomic mass is 10.0. The van der Waals surface area contributed by atoms with E-state index < -0.39 is 0 Å². The largest absolute Gasteiger partial charge is 0.354 e. The smallest absolute Gasteiger partial charge is 0.251 e. The summed E-state index contributed by atoms with van der Waals surface area (Å²) < 4.78 is 0. The molecule has 3 aromatic rings. The number of amides is 1. The molecule has 3 aromatic carbocycles. The van der Waals surface area contributed by atoms with Crippen LogP contribution < -0.4 is 16.0 Å². The fourth-order valence-corrected chi connectivity index (χ4v) is 3.21. The van der Waals surface area contributed by atoms with Gasteiger partial charge in [0.05, 0.1) is 6.54 Å². The van der Waals surface area contributed by atoms with Crippen molar-refractivity contribution in [1.29, 1.82) is 0 Å². The highest BCUT2D eigenvalue weighted by Crippen LogP contribution is 2.15. The number of guanidine groups is 1. The number of hydrogen-bond acceptors (Lipinski definition) is 4. The highest BCUT2D eigenvalue weighted by molar-refractivity contribution is 5.95. The van der Waals surface area contributed by atoms with Crippen molar-refractivity contribution in [2.24, 2.45) is 4.99 Å². The molecule has 29 heavy (non-hydrogen) atoms. The van der Waals surface area contributed by atoms with Crippen LogP contribution in [0.5, 0.6) is 0 Å². The van der Waals surface area contributed by atoms with E-state index in [9.17, 15) is 4.79 Å². The molecule has 0 aliphatic carbocycles. The molecule has 0 saturated carbocycles. The van der Waals surface area contributed by atoms with Gasteiger partial charge in [0.2, 0.25) is 0 Å². The van der Waals surface area contributed by atoms with Crippen LogP contribution in [0.2, 0.25) is 0 Å². The van der Waals surface area contributed by atoms with Crippen molar-refractivity contribution in [3.8, 4) is 0 Å². The third-order valence-corrected chi connectivity index (χ3v) is 4.81. The van der Waals surface area contributed by atoms with Gasteiger partial charge in [-0.15, -0.1) is 0 Å². The Labute approximate surface area is 170 Å². The maximum absolute atomic E-state index is 12.3. The van der Waals surface area contributed by atoms with E-state index in [4.69, 9.17) is 0 Å². The summed E-state index contributed by atoms with van der Waals surface area (Å²) in [5.74, 6) is 0.776. The summed E-state index contributed by atoms with van der Waals surface area (Å²) in [5, 5.41) is 9.43. The lowest BCUT2D eigenvalue weighted by molar-refractivity contribution is 0.0951. The Kier molecular flexibility index (Phi) is 5.86. The second kappa shape index (κ2) is 9.06. The molecule has 5 nitrogen and oxygen atoms in total. The Morgan fingerprint density at radius 3 is 2.21 bits per heavy atom. The summed E-state index contributed by atoms with van der Waals surface area (Å²) in [5.41, 5.74) is 5.18. The van der Waals surface area contributed by atoms with E-state index >= 15 is 0 Å². The van der Waals surface area contributed by atoms with Crippen LogP contribution in [0.15, 0.2) is 83.9 Å². The van der Waals surface area contributed by atoms with E-state index in [1.54, 1.807) is 0 Å². The molecular formula is C24H24N4O. The van der Waals surface area contributed by atoms with Crippen LogP contribution in [-0.2, 0) is 13.0 Å². The molecule has 3 N–H and O–H groups in total. The summed E-state index contributed by atoms with van der Waals surface area (Å²) in [4.78, 5) is 16.7. The first-order valence-corrected chi connectivity index (χ1v) is 9.82. The van der Waals surface area contributed by atoms with Crippen molar-refractivity contribution < 1.29 is 4.79 Å². The molecule has 0 bridgehead atoms. The van der Waals surface area contributed by atoms with Gasteiger partial charge in [-0.3, -0.25) is 9.79 Å². The van der Waals surface area contributed by atoms with E-state index in [0.717, 1.165) is 36.7 Å². The first kappa shape index (κ1) is 18.7. The van der Waals surface area contributed by atoms with Crippen LogP contribution in [0.3, 0.4) is 0 Å². The molecule has 0 fully saturated rings. The zero-order valence-corrected chi connectivity index (χ0v) is 16.2. The standard InChI is InChI=1S/C24H24N4O/c29-23(27-17-20-4-2-1-3-5-20)21-10-6-18(7-11-21)16-19-8-12-22(13-9-19)28-24-25-14-15-26-24/h1-13H,14-17H2,(H,27,29)(H2,25,26,28). The quantitative estimate of drug-likeness (QED) is 0.609. The van der Waals surface area contributed by atoms with Crippen molar-refractivity contribution in [3.63, 3.8) is 0 Å². The van der Waals surface area contributed by atoms with Crippen LogP contribution in [-0.4, -0.2) is 25.0 Å². The predicted molar refractivity (Wildman–Crippen MR) is 117 cm³/mol. The van der Waals surface area contributed by atoms with Gasteiger partial charge in [-0.05, 0) is 47.4 Å². The van der Waals surface area contributed by atoms with Gasteiger partial charge in [-0.1, -0.05) is 54.6 Å². The second-order valence-electron chi connectivity index (χ2n) is 7.02. The molecule has 1 aliphatic rings. The van der Waals surface area contributed by atoms with Gasteiger partial charge in [-0.25, -0.2) is 0 Å². The normalized spacial score (nSPS) is 12.8. The molecule has 0 aromatic heterocycles. The molecule has 1 heterocycles. The molecule has 4 rings (SSSR count). The number of benzene rings is 3. The summed E-state index contributed by atoms with van der Waals surface area (Å²) in [6.45, 7) is 2.24. The van der Waals surface area contributed by atoms with Crippen LogP contribution in [0.25, 0.3) is 0 Å². The van der Waals surface area contributed by atoms with E-state index in [-0.39, 0.29) is 5.91 Å². The molecule has 1 amide bonds. The monoisotopic (exact) mass is 384 g/mol. The van der Waals surface area contributed by atoms with Crippen molar-refractivity contribution in [2.75, 3.05) is 18.4 Å². The van der Waals surface area contributed by atoms with Crippen molar-refractivity contribution in [2.45, 2.75) is 13.0 Å². The maximum Gasteiger partial charge on any atom is 0.251 e. The lowest BCUT2D eigenvalue weighted by Crippen LogP contribution is -2.26. The van der Waals surface area contributed by atoms with Crippen LogP contribution in [0.4, 0.5) is 5.69 Å². The van der Waals surface area contributed by atoms with Crippen molar-refractivity contribution >= 4 is 17.6 Å².